The van der Waals surface area contributed by atoms with Crippen molar-refractivity contribution in [1.82, 2.24) is 25.1 Å². The topological polar surface area (TPSA) is 75.9 Å². The molecule has 0 spiro atoms. The van der Waals surface area contributed by atoms with Crippen LogP contribution in [0.25, 0.3) is 11.0 Å². The molecule has 0 aliphatic carbocycles. The lowest BCUT2D eigenvalue weighted by atomic mass is 10.2. The second kappa shape index (κ2) is 8.73. The van der Waals surface area contributed by atoms with E-state index in [1.807, 2.05) is 0 Å². The number of nitrogens with one attached hydrogen (secondary N) is 1. The maximum absolute atomic E-state index is 13.9. The number of carbonyl (C=O) groups excluding carboxylic acids is 1. The van der Waals surface area contributed by atoms with Gasteiger partial charge in [0.25, 0.3) is 5.91 Å². The Morgan fingerprint density at radius 1 is 1.17 bits per heavy atom. The summed E-state index contributed by atoms with van der Waals surface area (Å²) in [6, 6.07) is 4.16. The third-order valence-corrected chi connectivity index (χ3v) is 5.43. The molecule has 1 aliphatic heterocycles. The van der Waals surface area contributed by atoms with Crippen molar-refractivity contribution in [3.63, 3.8) is 0 Å². The third-order valence-electron chi connectivity index (χ3n) is 5.12. The van der Waals surface area contributed by atoms with E-state index in [9.17, 15) is 9.18 Å². The number of carbonyl (C=O) groups is 1. The molecule has 2 aromatic heterocycles. The van der Waals surface area contributed by atoms with Crippen LogP contribution in [0, 0.1) is 5.82 Å². The van der Waals surface area contributed by atoms with Gasteiger partial charge in [-0.3, -0.25) is 4.79 Å². The van der Waals surface area contributed by atoms with Crippen LogP contribution < -0.4 is 10.2 Å². The zero-order valence-corrected chi connectivity index (χ0v) is 16.7. The van der Waals surface area contributed by atoms with E-state index in [0.29, 0.717) is 6.54 Å². The Bertz CT molecular complexity index is 995. The van der Waals surface area contributed by atoms with Crippen molar-refractivity contribution in [3.8, 4) is 0 Å². The fourth-order valence-electron chi connectivity index (χ4n) is 3.66. The Morgan fingerprint density at radius 2 is 1.97 bits per heavy atom. The van der Waals surface area contributed by atoms with Crippen LogP contribution in [0.1, 0.15) is 36.0 Å². The molecule has 4 rings (SSSR count). The lowest BCUT2D eigenvalue weighted by Gasteiger charge is -2.21. The predicted molar refractivity (Wildman–Crippen MR) is 110 cm³/mol. The monoisotopic (exact) mass is 416 g/mol. The van der Waals surface area contributed by atoms with Gasteiger partial charge in [-0.25, -0.2) is 19.0 Å². The minimum atomic E-state index is -0.644. The van der Waals surface area contributed by atoms with Crippen LogP contribution in [0.15, 0.2) is 30.7 Å². The molecule has 7 nitrogen and oxygen atoms in total. The van der Waals surface area contributed by atoms with Crippen molar-refractivity contribution in [2.45, 2.75) is 32.2 Å². The predicted octanol–water partition coefficient (Wildman–Crippen LogP) is 3.43. The standard InChI is InChI=1S/C20H22ClFN6O/c21-15-6-5-7-16(22)17(15)20(29)23-8-11-28-19-14(12-26-28)18(24-13-25-19)27-9-3-1-2-4-10-27/h5-7,12-13H,1-4,8-11H2,(H,23,29). The second-order valence-electron chi connectivity index (χ2n) is 7.06. The Kier molecular flexibility index (Phi) is 5.89. The molecule has 0 radical (unpaired) electrons. The number of hydrogen-bond acceptors (Lipinski definition) is 5. The van der Waals surface area contributed by atoms with Crippen molar-refractivity contribution < 1.29 is 9.18 Å². The summed E-state index contributed by atoms with van der Waals surface area (Å²) in [6.45, 7) is 2.63. The van der Waals surface area contributed by atoms with Gasteiger partial charge in [0.15, 0.2) is 5.65 Å². The zero-order chi connectivity index (χ0) is 20.2. The maximum atomic E-state index is 13.9. The molecular weight excluding hydrogens is 395 g/mol. The highest BCUT2D eigenvalue weighted by molar-refractivity contribution is 6.33. The van der Waals surface area contributed by atoms with E-state index in [1.54, 1.807) is 17.2 Å². The number of benzene rings is 1. The third kappa shape index (κ3) is 4.17. The number of amides is 1. The lowest BCUT2D eigenvalue weighted by Crippen LogP contribution is -2.28. The number of anilines is 1. The van der Waals surface area contributed by atoms with Crippen molar-refractivity contribution in [3.05, 3.63) is 47.1 Å². The number of nitrogens with zero attached hydrogens (tertiary/aromatic N) is 5. The van der Waals surface area contributed by atoms with E-state index in [-0.39, 0.29) is 17.1 Å². The molecule has 1 amide bonds. The Labute approximate surface area is 172 Å². The minimum Gasteiger partial charge on any atom is -0.356 e. The average Bonchev–Trinajstić information content (AvgIpc) is 2.94. The van der Waals surface area contributed by atoms with Gasteiger partial charge < -0.3 is 10.2 Å². The molecular formula is C20H22ClFN6O. The molecule has 0 atom stereocenters. The Balaban J connectivity index is 1.46. The lowest BCUT2D eigenvalue weighted by molar-refractivity contribution is 0.0948. The van der Waals surface area contributed by atoms with E-state index in [2.05, 4.69) is 25.3 Å². The Hall–Kier alpha value is -2.74. The normalized spacial score (nSPS) is 14.8. The first kappa shape index (κ1) is 19.6. The molecule has 29 heavy (non-hydrogen) atoms. The van der Waals surface area contributed by atoms with Gasteiger partial charge in [0.05, 0.1) is 28.7 Å². The largest absolute Gasteiger partial charge is 0.356 e. The van der Waals surface area contributed by atoms with Crippen LogP contribution in [0.2, 0.25) is 5.02 Å². The molecule has 3 heterocycles. The van der Waals surface area contributed by atoms with Gasteiger partial charge in [-0.2, -0.15) is 5.10 Å². The SMILES string of the molecule is O=C(NCCn1ncc2c(N3CCCCCC3)ncnc21)c1c(F)cccc1Cl. The van der Waals surface area contributed by atoms with E-state index in [1.165, 1.54) is 31.0 Å². The molecule has 3 aromatic rings. The van der Waals surface area contributed by atoms with Crippen LogP contribution in [0.5, 0.6) is 0 Å². The first-order chi connectivity index (χ1) is 14.1. The highest BCUT2D eigenvalue weighted by Crippen LogP contribution is 2.25. The molecule has 0 saturated carbocycles. The van der Waals surface area contributed by atoms with Gasteiger partial charge in [0, 0.05) is 19.6 Å². The summed E-state index contributed by atoms with van der Waals surface area (Å²) in [6.07, 6.45) is 8.13. The molecule has 1 fully saturated rings. The summed E-state index contributed by atoms with van der Waals surface area (Å²) in [4.78, 5) is 23.4. The van der Waals surface area contributed by atoms with Crippen LogP contribution in [-0.2, 0) is 6.54 Å². The molecule has 0 bridgehead atoms. The van der Waals surface area contributed by atoms with Crippen LogP contribution >= 0.6 is 11.6 Å². The van der Waals surface area contributed by atoms with E-state index >= 15 is 0 Å². The maximum Gasteiger partial charge on any atom is 0.255 e. The molecule has 1 N–H and O–H groups in total. The van der Waals surface area contributed by atoms with Gasteiger partial charge in [-0.1, -0.05) is 30.5 Å². The number of hydrogen-bond donors (Lipinski definition) is 1. The number of aromatic nitrogens is 4. The quantitative estimate of drug-likeness (QED) is 0.689. The van der Waals surface area contributed by atoms with E-state index < -0.39 is 11.7 Å². The van der Waals surface area contributed by atoms with Gasteiger partial charge >= 0.3 is 0 Å². The highest BCUT2D eigenvalue weighted by Gasteiger charge is 2.18. The Morgan fingerprint density at radius 3 is 2.72 bits per heavy atom. The molecule has 1 saturated heterocycles. The minimum absolute atomic E-state index is 0.0851. The number of rotatable bonds is 5. The molecule has 152 valence electrons. The average molecular weight is 417 g/mol. The molecule has 1 aromatic carbocycles. The van der Waals surface area contributed by atoms with Crippen LogP contribution in [0.4, 0.5) is 10.2 Å². The summed E-state index contributed by atoms with van der Waals surface area (Å²) in [7, 11) is 0. The first-order valence-electron chi connectivity index (χ1n) is 9.79. The van der Waals surface area contributed by atoms with Crippen molar-refractivity contribution in [2.24, 2.45) is 0 Å². The molecule has 0 unspecified atom stereocenters. The van der Waals surface area contributed by atoms with Crippen LogP contribution in [-0.4, -0.2) is 45.3 Å². The summed E-state index contributed by atoms with van der Waals surface area (Å²) in [5.41, 5.74) is 0.572. The van der Waals surface area contributed by atoms with Gasteiger partial charge in [0.2, 0.25) is 0 Å². The zero-order valence-electron chi connectivity index (χ0n) is 15.9. The second-order valence-corrected chi connectivity index (χ2v) is 7.46. The van der Waals surface area contributed by atoms with Gasteiger partial charge in [-0.15, -0.1) is 0 Å². The van der Waals surface area contributed by atoms with E-state index in [0.717, 1.165) is 42.8 Å². The van der Waals surface area contributed by atoms with Crippen molar-refractivity contribution in [2.75, 3.05) is 24.5 Å². The van der Waals surface area contributed by atoms with Gasteiger partial charge in [0.1, 0.15) is 18.0 Å². The van der Waals surface area contributed by atoms with E-state index in [4.69, 9.17) is 11.6 Å². The van der Waals surface area contributed by atoms with Crippen molar-refractivity contribution in [1.29, 1.82) is 0 Å². The molecule has 1 aliphatic rings. The molecule has 9 heteroatoms. The van der Waals surface area contributed by atoms with Crippen LogP contribution in [0.3, 0.4) is 0 Å². The fourth-order valence-corrected chi connectivity index (χ4v) is 3.91. The number of fused-ring (bicyclic) bond motifs is 1. The number of halogens is 2. The summed E-state index contributed by atoms with van der Waals surface area (Å²) < 4.78 is 15.6. The smallest absolute Gasteiger partial charge is 0.255 e. The van der Waals surface area contributed by atoms with Gasteiger partial charge in [-0.05, 0) is 25.0 Å². The van der Waals surface area contributed by atoms with Crippen molar-refractivity contribution >= 4 is 34.4 Å². The summed E-state index contributed by atoms with van der Waals surface area (Å²) in [5, 5.41) is 8.09. The first-order valence-corrected chi connectivity index (χ1v) is 10.2. The summed E-state index contributed by atoms with van der Waals surface area (Å²) in [5.74, 6) is -0.288. The highest BCUT2D eigenvalue weighted by atomic mass is 35.5. The summed E-state index contributed by atoms with van der Waals surface area (Å²) >= 11 is 5.94. The fraction of sp³-hybridized carbons (Fsp3) is 0.400.